The number of carbonyl (C=O) groups excluding carboxylic acids is 1. The second-order valence-electron chi connectivity index (χ2n) is 5.99. The molecule has 116 valence electrons. The van der Waals surface area contributed by atoms with Crippen LogP contribution in [0.4, 0.5) is 0 Å². The second kappa shape index (κ2) is 6.87. The van der Waals surface area contributed by atoms with E-state index in [4.69, 9.17) is 15.2 Å². The van der Waals surface area contributed by atoms with Gasteiger partial charge in [-0.15, -0.1) is 0 Å². The number of nitrogens with two attached hydrogens (primary N) is 1. The molecule has 2 rings (SSSR count). The summed E-state index contributed by atoms with van der Waals surface area (Å²) in [5, 5.41) is 0. The van der Waals surface area contributed by atoms with Crippen LogP contribution in [-0.2, 0) is 14.3 Å². The fourth-order valence-electron chi connectivity index (χ4n) is 3.49. The largest absolute Gasteiger partial charge is 0.465 e. The maximum atomic E-state index is 12.0. The quantitative estimate of drug-likeness (QED) is 0.771. The van der Waals surface area contributed by atoms with Gasteiger partial charge in [-0.3, -0.25) is 9.69 Å². The molecule has 2 aliphatic rings. The monoisotopic (exact) mass is 284 g/mol. The number of likely N-dealkylation sites (tertiary alicyclic amines) is 1. The highest BCUT2D eigenvalue weighted by molar-refractivity contribution is 5.81. The second-order valence-corrected chi connectivity index (χ2v) is 5.99. The highest BCUT2D eigenvalue weighted by atomic mass is 16.5. The molecule has 3 unspecified atom stereocenters. The molecule has 1 saturated heterocycles. The molecule has 0 radical (unpaired) electrons. The Labute approximate surface area is 121 Å². The first kappa shape index (κ1) is 15.7. The third-order valence-corrected chi connectivity index (χ3v) is 4.53. The van der Waals surface area contributed by atoms with Crippen molar-refractivity contribution in [1.29, 1.82) is 0 Å². The van der Waals surface area contributed by atoms with Gasteiger partial charge in [-0.1, -0.05) is 0 Å². The van der Waals surface area contributed by atoms with Crippen molar-refractivity contribution < 1.29 is 14.3 Å². The van der Waals surface area contributed by atoms with Crippen LogP contribution in [0.25, 0.3) is 0 Å². The number of carbonyl (C=O) groups is 1. The van der Waals surface area contributed by atoms with Crippen LogP contribution in [0.3, 0.4) is 0 Å². The fraction of sp³-hybridized carbons (Fsp3) is 0.933. The molecule has 0 aromatic rings. The van der Waals surface area contributed by atoms with Crippen molar-refractivity contribution in [1.82, 2.24) is 4.90 Å². The van der Waals surface area contributed by atoms with Crippen LogP contribution in [0.5, 0.6) is 0 Å². The van der Waals surface area contributed by atoms with Crippen LogP contribution in [0.2, 0.25) is 0 Å². The van der Waals surface area contributed by atoms with Crippen LogP contribution in [0, 0.1) is 0 Å². The molecule has 20 heavy (non-hydrogen) atoms. The van der Waals surface area contributed by atoms with Gasteiger partial charge in [-0.25, -0.2) is 0 Å². The summed E-state index contributed by atoms with van der Waals surface area (Å²) in [4.78, 5) is 14.4. The Hall–Kier alpha value is -0.650. The molecule has 0 bridgehead atoms. The molecule has 1 aliphatic heterocycles. The third-order valence-electron chi connectivity index (χ3n) is 4.53. The van der Waals surface area contributed by atoms with Crippen molar-refractivity contribution in [2.24, 2.45) is 5.73 Å². The smallest absolute Gasteiger partial charge is 0.326 e. The van der Waals surface area contributed by atoms with Gasteiger partial charge in [0.1, 0.15) is 5.54 Å². The molecule has 5 nitrogen and oxygen atoms in total. The lowest BCUT2D eigenvalue weighted by atomic mass is 9.98. The Morgan fingerprint density at radius 2 is 2.15 bits per heavy atom. The van der Waals surface area contributed by atoms with E-state index < -0.39 is 5.54 Å². The number of esters is 1. The predicted octanol–water partition coefficient (Wildman–Crippen LogP) is 1.30. The van der Waals surface area contributed by atoms with Gasteiger partial charge in [-0.05, 0) is 52.5 Å². The predicted molar refractivity (Wildman–Crippen MR) is 77.4 cm³/mol. The molecule has 0 aromatic carbocycles. The van der Waals surface area contributed by atoms with Crippen molar-refractivity contribution >= 4 is 5.97 Å². The number of piperidine rings is 1. The summed E-state index contributed by atoms with van der Waals surface area (Å²) < 4.78 is 10.9. The summed E-state index contributed by atoms with van der Waals surface area (Å²) >= 11 is 0. The van der Waals surface area contributed by atoms with E-state index in [1.807, 2.05) is 13.8 Å². The highest BCUT2D eigenvalue weighted by Gasteiger charge is 2.45. The van der Waals surface area contributed by atoms with Gasteiger partial charge >= 0.3 is 5.97 Å². The van der Waals surface area contributed by atoms with Crippen molar-refractivity contribution in [3.63, 3.8) is 0 Å². The standard InChI is InChI=1S/C15H28N2O3/c1-3-19-13-6-5-9-17(11-13)12-7-8-15(16,10-12)14(18)20-4-2/h12-13H,3-11,16H2,1-2H3. The van der Waals surface area contributed by atoms with E-state index in [1.165, 1.54) is 0 Å². The minimum atomic E-state index is -0.779. The van der Waals surface area contributed by atoms with E-state index in [-0.39, 0.29) is 5.97 Å². The minimum Gasteiger partial charge on any atom is -0.465 e. The van der Waals surface area contributed by atoms with E-state index >= 15 is 0 Å². The number of hydrogen-bond acceptors (Lipinski definition) is 5. The summed E-state index contributed by atoms with van der Waals surface area (Å²) in [6, 6.07) is 0.396. The molecule has 5 heteroatoms. The molecule has 0 spiro atoms. The van der Waals surface area contributed by atoms with E-state index in [0.717, 1.165) is 45.4 Å². The molecule has 0 amide bonds. The molecular weight excluding hydrogens is 256 g/mol. The summed E-state index contributed by atoms with van der Waals surface area (Å²) in [5.74, 6) is -0.235. The lowest BCUT2D eigenvalue weighted by Crippen LogP contribution is -2.50. The van der Waals surface area contributed by atoms with Crippen LogP contribution in [-0.4, -0.2) is 54.9 Å². The number of rotatable bonds is 5. The molecular formula is C15H28N2O3. The fourth-order valence-corrected chi connectivity index (χ4v) is 3.49. The highest BCUT2D eigenvalue weighted by Crippen LogP contribution is 2.33. The zero-order valence-corrected chi connectivity index (χ0v) is 12.8. The Balaban J connectivity index is 1.90. The molecule has 1 saturated carbocycles. The Bertz CT molecular complexity index is 335. The molecule has 1 heterocycles. The Kier molecular flexibility index (Phi) is 5.41. The van der Waals surface area contributed by atoms with Gasteiger partial charge in [0, 0.05) is 19.2 Å². The summed E-state index contributed by atoms with van der Waals surface area (Å²) in [6.07, 6.45) is 5.07. The average molecular weight is 284 g/mol. The lowest BCUT2D eigenvalue weighted by Gasteiger charge is -2.37. The first-order chi connectivity index (χ1) is 9.59. The third kappa shape index (κ3) is 3.51. The van der Waals surface area contributed by atoms with E-state index in [1.54, 1.807) is 0 Å². The average Bonchev–Trinajstić information content (AvgIpc) is 2.84. The van der Waals surface area contributed by atoms with Gasteiger partial charge in [-0.2, -0.15) is 0 Å². The first-order valence-electron chi connectivity index (χ1n) is 7.90. The zero-order chi connectivity index (χ0) is 14.6. The summed E-state index contributed by atoms with van der Waals surface area (Å²) in [7, 11) is 0. The van der Waals surface area contributed by atoms with Crippen LogP contribution in [0.1, 0.15) is 46.0 Å². The van der Waals surface area contributed by atoms with Crippen molar-refractivity contribution in [3.8, 4) is 0 Å². The van der Waals surface area contributed by atoms with Crippen LogP contribution in [0.15, 0.2) is 0 Å². The van der Waals surface area contributed by atoms with E-state index in [0.29, 0.717) is 25.2 Å². The van der Waals surface area contributed by atoms with Crippen molar-refractivity contribution in [2.45, 2.75) is 63.6 Å². The van der Waals surface area contributed by atoms with Gasteiger partial charge < -0.3 is 15.2 Å². The van der Waals surface area contributed by atoms with Gasteiger partial charge in [0.05, 0.1) is 12.7 Å². The molecule has 3 atom stereocenters. The van der Waals surface area contributed by atoms with Crippen molar-refractivity contribution in [2.75, 3.05) is 26.3 Å². The maximum Gasteiger partial charge on any atom is 0.326 e. The van der Waals surface area contributed by atoms with E-state index in [9.17, 15) is 4.79 Å². The minimum absolute atomic E-state index is 0.235. The first-order valence-corrected chi connectivity index (χ1v) is 7.90. The topological polar surface area (TPSA) is 64.8 Å². The molecule has 2 N–H and O–H groups in total. The van der Waals surface area contributed by atoms with Gasteiger partial charge in [0.2, 0.25) is 0 Å². The molecule has 1 aliphatic carbocycles. The number of hydrogen-bond donors (Lipinski definition) is 1. The number of nitrogens with zero attached hydrogens (tertiary/aromatic N) is 1. The summed E-state index contributed by atoms with van der Waals surface area (Å²) in [5.41, 5.74) is 5.47. The molecule has 0 aromatic heterocycles. The maximum absolute atomic E-state index is 12.0. The van der Waals surface area contributed by atoms with Gasteiger partial charge in [0.15, 0.2) is 0 Å². The Morgan fingerprint density at radius 1 is 1.35 bits per heavy atom. The van der Waals surface area contributed by atoms with Gasteiger partial charge in [0.25, 0.3) is 0 Å². The SMILES string of the molecule is CCOC(=O)C1(N)CCC(N2CCCC(OCC)C2)C1. The zero-order valence-electron chi connectivity index (χ0n) is 12.8. The van der Waals surface area contributed by atoms with E-state index in [2.05, 4.69) is 4.90 Å². The molecule has 2 fully saturated rings. The summed E-state index contributed by atoms with van der Waals surface area (Å²) in [6.45, 7) is 7.10. The lowest BCUT2D eigenvalue weighted by molar-refractivity contribution is -0.149. The normalized spacial score (nSPS) is 35.1. The Morgan fingerprint density at radius 3 is 2.85 bits per heavy atom. The van der Waals surface area contributed by atoms with Crippen LogP contribution < -0.4 is 5.73 Å². The van der Waals surface area contributed by atoms with Crippen molar-refractivity contribution in [3.05, 3.63) is 0 Å². The van der Waals surface area contributed by atoms with Crippen LogP contribution >= 0.6 is 0 Å². The number of ether oxygens (including phenoxy) is 2.